The SMILES string of the molecule is CCCc1ccc(C(=O)N2CCNC(C)C2C)cc1.Cl. The van der Waals surface area contributed by atoms with Crippen LogP contribution in [-0.4, -0.2) is 36.0 Å². The minimum atomic E-state index is 0. The average molecular weight is 297 g/mol. The summed E-state index contributed by atoms with van der Waals surface area (Å²) < 4.78 is 0. The third-order valence-electron chi connectivity index (χ3n) is 4.03. The minimum Gasteiger partial charge on any atom is -0.333 e. The van der Waals surface area contributed by atoms with E-state index in [-0.39, 0.29) is 24.4 Å². The van der Waals surface area contributed by atoms with Crippen LogP contribution in [0, 0.1) is 0 Å². The van der Waals surface area contributed by atoms with E-state index >= 15 is 0 Å². The summed E-state index contributed by atoms with van der Waals surface area (Å²) in [6.45, 7) is 8.09. The standard InChI is InChI=1S/C16H24N2O.ClH/c1-4-5-14-6-8-15(9-7-14)16(19)18-11-10-17-12(2)13(18)3;/h6-9,12-13,17H,4-5,10-11H2,1-3H3;1H. The number of amides is 1. The third kappa shape index (κ3) is 3.74. The average Bonchev–Trinajstić information content (AvgIpc) is 2.42. The predicted molar refractivity (Wildman–Crippen MR) is 85.6 cm³/mol. The van der Waals surface area contributed by atoms with Gasteiger partial charge in [0.25, 0.3) is 5.91 Å². The Morgan fingerprint density at radius 3 is 2.55 bits per heavy atom. The Hall–Kier alpha value is -1.06. The van der Waals surface area contributed by atoms with Gasteiger partial charge in [-0.25, -0.2) is 0 Å². The summed E-state index contributed by atoms with van der Waals surface area (Å²) in [6.07, 6.45) is 2.22. The highest BCUT2D eigenvalue weighted by Gasteiger charge is 2.28. The molecule has 0 aromatic heterocycles. The van der Waals surface area contributed by atoms with Crippen LogP contribution in [0.2, 0.25) is 0 Å². The number of nitrogens with one attached hydrogen (secondary N) is 1. The zero-order valence-corrected chi connectivity index (χ0v) is 13.4. The van der Waals surface area contributed by atoms with Crippen molar-refractivity contribution in [2.75, 3.05) is 13.1 Å². The molecule has 1 heterocycles. The number of rotatable bonds is 3. The number of hydrogen-bond acceptors (Lipinski definition) is 2. The summed E-state index contributed by atoms with van der Waals surface area (Å²) in [6, 6.07) is 8.69. The van der Waals surface area contributed by atoms with Gasteiger partial charge in [0.1, 0.15) is 0 Å². The van der Waals surface area contributed by atoms with Gasteiger partial charge in [0, 0.05) is 30.7 Å². The topological polar surface area (TPSA) is 32.3 Å². The lowest BCUT2D eigenvalue weighted by molar-refractivity contribution is 0.0603. The van der Waals surface area contributed by atoms with Crippen LogP contribution in [0.5, 0.6) is 0 Å². The first-order valence-corrected chi connectivity index (χ1v) is 7.26. The molecule has 0 bridgehead atoms. The largest absolute Gasteiger partial charge is 0.333 e. The lowest BCUT2D eigenvalue weighted by atomic mass is 10.0. The van der Waals surface area contributed by atoms with E-state index in [1.54, 1.807) is 0 Å². The van der Waals surface area contributed by atoms with Gasteiger partial charge in [-0.05, 0) is 38.0 Å². The van der Waals surface area contributed by atoms with Crippen LogP contribution in [-0.2, 0) is 6.42 Å². The molecular formula is C16H25ClN2O. The molecule has 3 nitrogen and oxygen atoms in total. The number of halogens is 1. The van der Waals surface area contributed by atoms with E-state index < -0.39 is 0 Å². The molecule has 0 spiro atoms. The third-order valence-corrected chi connectivity index (χ3v) is 4.03. The second-order valence-corrected chi connectivity index (χ2v) is 5.43. The van der Waals surface area contributed by atoms with Crippen molar-refractivity contribution in [2.24, 2.45) is 0 Å². The maximum absolute atomic E-state index is 12.5. The first kappa shape index (κ1) is 17.0. The van der Waals surface area contributed by atoms with Crippen molar-refractivity contribution in [2.45, 2.75) is 45.7 Å². The number of hydrogen-bond donors (Lipinski definition) is 1. The van der Waals surface area contributed by atoms with Gasteiger partial charge in [0.2, 0.25) is 0 Å². The van der Waals surface area contributed by atoms with E-state index in [1.807, 2.05) is 17.0 Å². The fourth-order valence-electron chi connectivity index (χ4n) is 2.61. The van der Waals surface area contributed by atoms with E-state index in [0.717, 1.165) is 31.5 Å². The summed E-state index contributed by atoms with van der Waals surface area (Å²) in [5.74, 6) is 0.156. The van der Waals surface area contributed by atoms with Crippen LogP contribution in [0.4, 0.5) is 0 Å². The maximum Gasteiger partial charge on any atom is 0.254 e. The van der Waals surface area contributed by atoms with Crippen LogP contribution in [0.25, 0.3) is 0 Å². The summed E-state index contributed by atoms with van der Waals surface area (Å²) in [5.41, 5.74) is 2.11. The molecule has 1 fully saturated rings. The molecule has 1 aliphatic heterocycles. The van der Waals surface area contributed by atoms with Gasteiger partial charge in [-0.1, -0.05) is 25.5 Å². The smallest absolute Gasteiger partial charge is 0.254 e. The fraction of sp³-hybridized carbons (Fsp3) is 0.562. The Kier molecular flexibility index (Phi) is 6.50. The molecule has 2 atom stereocenters. The molecule has 1 amide bonds. The molecule has 1 aliphatic rings. The van der Waals surface area contributed by atoms with Crippen molar-refractivity contribution in [3.63, 3.8) is 0 Å². The zero-order valence-electron chi connectivity index (χ0n) is 12.6. The lowest BCUT2D eigenvalue weighted by Crippen LogP contribution is -2.57. The van der Waals surface area contributed by atoms with Crippen molar-refractivity contribution >= 4 is 18.3 Å². The van der Waals surface area contributed by atoms with Crippen LogP contribution >= 0.6 is 12.4 Å². The van der Waals surface area contributed by atoms with Crippen molar-refractivity contribution in [1.82, 2.24) is 10.2 Å². The molecule has 1 N–H and O–H groups in total. The molecule has 1 aromatic rings. The molecule has 4 heteroatoms. The zero-order chi connectivity index (χ0) is 13.8. The Labute approximate surface area is 128 Å². The quantitative estimate of drug-likeness (QED) is 0.930. The molecule has 0 radical (unpaired) electrons. The van der Waals surface area contributed by atoms with Gasteiger partial charge in [-0.2, -0.15) is 0 Å². The van der Waals surface area contributed by atoms with E-state index in [4.69, 9.17) is 0 Å². The van der Waals surface area contributed by atoms with Gasteiger partial charge >= 0.3 is 0 Å². The highest BCUT2D eigenvalue weighted by molar-refractivity contribution is 5.94. The number of carbonyl (C=O) groups is 1. The highest BCUT2D eigenvalue weighted by atomic mass is 35.5. The summed E-state index contributed by atoms with van der Waals surface area (Å²) in [4.78, 5) is 14.5. The first-order valence-electron chi connectivity index (χ1n) is 7.26. The van der Waals surface area contributed by atoms with Crippen molar-refractivity contribution in [3.05, 3.63) is 35.4 Å². The lowest BCUT2D eigenvalue weighted by Gasteiger charge is -2.38. The number of benzene rings is 1. The number of nitrogens with zero attached hydrogens (tertiary/aromatic N) is 1. The van der Waals surface area contributed by atoms with Crippen LogP contribution < -0.4 is 5.32 Å². The van der Waals surface area contributed by atoms with Crippen molar-refractivity contribution in [1.29, 1.82) is 0 Å². The van der Waals surface area contributed by atoms with E-state index in [2.05, 4.69) is 38.2 Å². The van der Waals surface area contributed by atoms with E-state index in [0.29, 0.717) is 6.04 Å². The van der Waals surface area contributed by atoms with Gasteiger partial charge in [0.15, 0.2) is 0 Å². The predicted octanol–water partition coefficient (Wildman–Crippen LogP) is 2.88. The highest BCUT2D eigenvalue weighted by Crippen LogP contribution is 2.15. The van der Waals surface area contributed by atoms with Crippen LogP contribution in [0.15, 0.2) is 24.3 Å². The molecule has 2 unspecified atom stereocenters. The number of piperazine rings is 1. The Morgan fingerprint density at radius 2 is 1.95 bits per heavy atom. The normalized spacial score (nSPS) is 22.2. The molecule has 2 rings (SSSR count). The monoisotopic (exact) mass is 296 g/mol. The molecule has 0 aliphatic carbocycles. The van der Waals surface area contributed by atoms with E-state index in [9.17, 15) is 4.79 Å². The number of carbonyl (C=O) groups excluding carboxylic acids is 1. The minimum absolute atomic E-state index is 0. The van der Waals surface area contributed by atoms with Gasteiger partial charge < -0.3 is 10.2 Å². The summed E-state index contributed by atoms with van der Waals surface area (Å²) >= 11 is 0. The Balaban J connectivity index is 0.00000200. The molecule has 20 heavy (non-hydrogen) atoms. The molecule has 1 aromatic carbocycles. The second-order valence-electron chi connectivity index (χ2n) is 5.43. The Bertz CT molecular complexity index is 433. The summed E-state index contributed by atoms with van der Waals surface area (Å²) in [7, 11) is 0. The van der Waals surface area contributed by atoms with Crippen molar-refractivity contribution in [3.8, 4) is 0 Å². The van der Waals surface area contributed by atoms with Crippen LogP contribution in [0.1, 0.15) is 43.1 Å². The Morgan fingerprint density at radius 1 is 1.30 bits per heavy atom. The summed E-state index contributed by atoms with van der Waals surface area (Å²) in [5, 5.41) is 3.40. The molecule has 1 saturated heterocycles. The van der Waals surface area contributed by atoms with Crippen molar-refractivity contribution < 1.29 is 4.79 Å². The second kappa shape index (κ2) is 7.65. The van der Waals surface area contributed by atoms with Gasteiger partial charge in [-0.3, -0.25) is 4.79 Å². The van der Waals surface area contributed by atoms with Gasteiger partial charge in [-0.15, -0.1) is 12.4 Å². The van der Waals surface area contributed by atoms with E-state index in [1.165, 1.54) is 5.56 Å². The maximum atomic E-state index is 12.5. The van der Waals surface area contributed by atoms with Gasteiger partial charge in [0.05, 0.1) is 0 Å². The molecular weight excluding hydrogens is 272 g/mol. The fourth-order valence-corrected chi connectivity index (χ4v) is 2.61. The first-order chi connectivity index (χ1) is 9.13. The van der Waals surface area contributed by atoms with Crippen LogP contribution in [0.3, 0.4) is 0 Å². The number of aryl methyl sites for hydroxylation is 1. The molecule has 112 valence electrons. The molecule has 0 saturated carbocycles.